The highest BCUT2D eigenvalue weighted by Gasteiger charge is 2.46. The first-order chi connectivity index (χ1) is 15.3. The number of ether oxygens (including phenoxy) is 1. The van der Waals surface area contributed by atoms with Crippen LogP contribution in [0.25, 0.3) is 22.2 Å². The molecule has 1 aliphatic rings. The van der Waals surface area contributed by atoms with E-state index >= 15 is 0 Å². The molecule has 8 heteroatoms. The first-order valence-corrected chi connectivity index (χ1v) is 10.3. The molecule has 0 radical (unpaired) electrons. The van der Waals surface area contributed by atoms with Crippen molar-refractivity contribution in [2.45, 2.75) is 43.4 Å². The van der Waals surface area contributed by atoms with E-state index in [2.05, 4.69) is 16.5 Å². The first-order valence-electron chi connectivity index (χ1n) is 10.3. The van der Waals surface area contributed by atoms with Gasteiger partial charge < -0.3 is 25.2 Å². The van der Waals surface area contributed by atoms with Crippen molar-refractivity contribution in [2.75, 3.05) is 6.61 Å². The van der Waals surface area contributed by atoms with Crippen LogP contribution in [-0.4, -0.2) is 67.5 Å². The highest BCUT2D eigenvalue weighted by Crippen LogP contribution is 2.36. The van der Waals surface area contributed by atoms with Gasteiger partial charge in [0.25, 0.3) is 0 Å². The van der Waals surface area contributed by atoms with Crippen molar-refractivity contribution in [3.8, 4) is 11.1 Å². The van der Waals surface area contributed by atoms with Crippen LogP contribution in [0.4, 0.5) is 4.39 Å². The number of halogens is 1. The molecule has 2 aromatic carbocycles. The number of benzene rings is 2. The van der Waals surface area contributed by atoms with Gasteiger partial charge in [0.05, 0.1) is 18.2 Å². The molecule has 3 aromatic rings. The average Bonchev–Trinajstić information content (AvgIpc) is 2.80. The Morgan fingerprint density at radius 1 is 1.06 bits per heavy atom. The Balaban J connectivity index is 1.69. The Hall–Kier alpha value is -2.75. The maximum Gasteiger partial charge on any atom is 0.151 e. The SMILES string of the molecule is C=C[C@H](c1ccc(-c2cc(F)c3nccnc3c2)cc1C)[C@H]1O[C@H](CO)[C@@H](O)[C@H](O)[C@@H]1O. The van der Waals surface area contributed by atoms with E-state index in [0.29, 0.717) is 11.1 Å². The summed E-state index contributed by atoms with van der Waals surface area (Å²) in [5.41, 5.74) is 3.70. The molecule has 0 amide bonds. The molecule has 6 atom stereocenters. The van der Waals surface area contributed by atoms with Gasteiger partial charge in [0, 0.05) is 18.3 Å². The van der Waals surface area contributed by atoms with Crippen LogP contribution < -0.4 is 0 Å². The monoisotopic (exact) mass is 440 g/mol. The molecule has 1 saturated heterocycles. The predicted octanol–water partition coefficient (Wildman–Crippen LogP) is 1.86. The Bertz CT molecular complexity index is 1140. The lowest BCUT2D eigenvalue weighted by atomic mass is 9.82. The molecular weight excluding hydrogens is 415 g/mol. The van der Waals surface area contributed by atoms with E-state index in [0.717, 1.165) is 16.7 Å². The fourth-order valence-electron chi connectivity index (χ4n) is 4.29. The average molecular weight is 440 g/mol. The minimum Gasteiger partial charge on any atom is -0.394 e. The van der Waals surface area contributed by atoms with Crippen LogP contribution in [0.3, 0.4) is 0 Å². The molecule has 1 aromatic heterocycles. The summed E-state index contributed by atoms with van der Waals surface area (Å²) in [4.78, 5) is 8.21. The number of rotatable bonds is 5. The van der Waals surface area contributed by atoms with Crippen LogP contribution in [0, 0.1) is 12.7 Å². The number of aromatic nitrogens is 2. The minimum atomic E-state index is -1.46. The van der Waals surface area contributed by atoms with Crippen molar-refractivity contribution in [3.05, 3.63) is 72.3 Å². The summed E-state index contributed by atoms with van der Waals surface area (Å²) < 4.78 is 20.2. The lowest BCUT2D eigenvalue weighted by molar-refractivity contribution is -0.231. The third-order valence-corrected chi connectivity index (χ3v) is 6.03. The molecule has 0 unspecified atom stereocenters. The van der Waals surface area contributed by atoms with Gasteiger partial charge in [0.15, 0.2) is 5.82 Å². The lowest BCUT2D eigenvalue weighted by Gasteiger charge is -2.43. The quantitative estimate of drug-likeness (QED) is 0.448. The van der Waals surface area contributed by atoms with Gasteiger partial charge in [-0.1, -0.05) is 24.3 Å². The summed E-state index contributed by atoms with van der Waals surface area (Å²) in [5.74, 6) is -0.980. The van der Waals surface area contributed by atoms with E-state index in [1.165, 1.54) is 18.5 Å². The second kappa shape index (κ2) is 9.01. The number of fused-ring (bicyclic) bond motifs is 1. The second-order valence-corrected chi connectivity index (χ2v) is 8.01. The highest BCUT2D eigenvalue weighted by molar-refractivity contribution is 5.82. The number of aliphatic hydroxyl groups is 4. The molecule has 1 aliphatic heterocycles. The summed E-state index contributed by atoms with van der Waals surface area (Å²) in [6, 6.07) is 8.71. The largest absolute Gasteiger partial charge is 0.394 e. The number of aryl methyl sites for hydroxylation is 1. The smallest absolute Gasteiger partial charge is 0.151 e. The van der Waals surface area contributed by atoms with Crippen LogP contribution in [0.5, 0.6) is 0 Å². The molecule has 0 spiro atoms. The fourth-order valence-corrected chi connectivity index (χ4v) is 4.29. The lowest BCUT2D eigenvalue weighted by Crippen LogP contribution is -2.59. The third-order valence-electron chi connectivity index (χ3n) is 6.03. The molecule has 0 saturated carbocycles. The molecule has 2 heterocycles. The topological polar surface area (TPSA) is 116 Å². The highest BCUT2D eigenvalue weighted by atomic mass is 19.1. The fraction of sp³-hybridized carbons (Fsp3) is 0.333. The van der Waals surface area contributed by atoms with Gasteiger partial charge in [0.1, 0.15) is 29.9 Å². The van der Waals surface area contributed by atoms with E-state index in [-0.39, 0.29) is 5.52 Å². The van der Waals surface area contributed by atoms with E-state index in [9.17, 15) is 24.8 Å². The van der Waals surface area contributed by atoms with Crippen molar-refractivity contribution in [2.24, 2.45) is 0 Å². The summed E-state index contributed by atoms with van der Waals surface area (Å²) in [6.45, 7) is 5.22. The first kappa shape index (κ1) is 22.4. The van der Waals surface area contributed by atoms with E-state index in [4.69, 9.17) is 4.74 Å². The van der Waals surface area contributed by atoms with Crippen molar-refractivity contribution in [3.63, 3.8) is 0 Å². The molecule has 0 bridgehead atoms. The van der Waals surface area contributed by atoms with Gasteiger partial charge in [-0.05, 0) is 41.3 Å². The number of hydrogen-bond acceptors (Lipinski definition) is 7. The maximum absolute atomic E-state index is 14.5. The number of nitrogens with zero attached hydrogens (tertiary/aromatic N) is 2. The van der Waals surface area contributed by atoms with Gasteiger partial charge in [-0.15, -0.1) is 6.58 Å². The van der Waals surface area contributed by atoms with Gasteiger partial charge in [-0.2, -0.15) is 0 Å². The molecule has 168 valence electrons. The van der Waals surface area contributed by atoms with Crippen molar-refractivity contribution in [1.29, 1.82) is 0 Å². The van der Waals surface area contributed by atoms with Crippen molar-refractivity contribution >= 4 is 11.0 Å². The van der Waals surface area contributed by atoms with Gasteiger partial charge in [0.2, 0.25) is 0 Å². The Morgan fingerprint density at radius 3 is 2.50 bits per heavy atom. The van der Waals surface area contributed by atoms with Crippen LogP contribution in [0.1, 0.15) is 17.0 Å². The molecular formula is C24H25FN2O5. The standard InChI is InChI=1S/C24H25FN2O5/c1-3-15(24-23(31)22(30)21(29)19(11-28)32-24)16-5-4-13(8-12(16)2)14-9-17(25)20-18(10-14)26-6-7-27-20/h3-10,15,19,21-24,28-31H,1,11H2,2H3/t15-,19-,21-,22+,23+,24-/m1/s1. The summed E-state index contributed by atoms with van der Waals surface area (Å²) in [5, 5.41) is 40.2. The van der Waals surface area contributed by atoms with Crippen LogP contribution >= 0.6 is 0 Å². The zero-order valence-corrected chi connectivity index (χ0v) is 17.5. The zero-order valence-electron chi connectivity index (χ0n) is 17.5. The molecule has 0 aliphatic carbocycles. The van der Waals surface area contributed by atoms with Crippen LogP contribution in [0.2, 0.25) is 0 Å². The Kier molecular flexibility index (Phi) is 6.32. The number of hydrogen-bond donors (Lipinski definition) is 4. The number of aliphatic hydroxyl groups excluding tert-OH is 4. The molecule has 4 rings (SSSR count). The summed E-state index contributed by atoms with van der Waals surface area (Å²) in [7, 11) is 0. The second-order valence-electron chi connectivity index (χ2n) is 8.01. The van der Waals surface area contributed by atoms with Crippen molar-refractivity contribution < 1.29 is 29.6 Å². The van der Waals surface area contributed by atoms with Crippen molar-refractivity contribution in [1.82, 2.24) is 9.97 Å². The summed E-state index contributed by atoms with van der Waals surface area (Å²) >= 11 is 0. The van der Waals surface area contributed by atoms with Gasteiger partial charge in [-0.25, -0.2) is 9.37 Å². The van der Waals surface area contributed by atoms with Crippen LogP contribution in [0.15, 0.2) is 55.4 Å². The predicted molar refractivity (Wildman–Crippen MR) is 116 cm³/mol. The Morgan fingerprint density at radius 2 is 1.81 bits per heavy atom. The molecule has 1 fully saturated rings. The minimum absolute atomic E-state index is 0.207. The van der Waals surface area contributed by atoms with Gasteiger partial charge >= 0.3 is 0 Å². The normalized spacial score (nSPS) is 26.8. The third kappa shape index (κ3) is 3.92. The molecule has 32 heavy (non-hydrogen) atoms. The van der Waals surface area contributed by atoms with Crippen LogP contribution in [-0.2, 0) is 4.74 Å². The summed E-state index contributed by atoms with van der Waals surface area (Å²) in [6.07, 6.45) is -1.63. The van der Waals surface area contributed by atoms with E-state index < -0.39 is 48.9 Å². The van der Waals surface area contributed by atoms with E-state index in [1.807, 2.05) is 25.1 Å². The van der Waals surface area contributed by atoms with Gasteiger partial charge in [-0.3, -0.25) is 4.98 Å². The Labute approximate surface area is 184 Å². The molecule has 4 N–H and O–H groups in total. The zero-order chi connectivity index (χ0) is 23.0. The van der Waals surface area contributed by atoms with E-state index in [1.54, 1.807) is 12.1 Å². The maximum atomic E-state index is 14.5. The molecule has 7 nitrogen and oxygen atoms in total.